The fraction of sp³-hybridized carbons (Fsp3) is 0.500. The van der Waals surface area contributed by atoms with Crippen LogP contribution in [0.2, 0.25) is 0 Å². The third-order valence-electron chi connectivity index (χ3n) is 1.70. The van der Waals surface area contributed by atoms with Crippen molar-refractivity contribution in [2.75, 3.05) is 0 Å². The molecule has 0 radical (unpaired) electrons. The number of ketones is 2. The summed E-state index contributed by atoms with van der Waals surface area (Å²) < 4.78 is 0. The van der Waals surface area contributed by atoms with E-state index in [0.29, 0.717) is 12.8 Å². The molecule has 1 fully saturated rings. The number of hydrogen-bond acceptors (Lipinski definition) is 2. The molecule has 0 aromatic carbocycles. The first kappa shape index (κ1) is 7.19. The molecule has 1 aliphatic carbocycles. The summed E-state index contributed by atoms with van der Waals surface area (Å²) in [5, 5.41) is 0. The second kappa shape index (κ2) is 2.78. The maximum Gasteiger partial charge on any atom is 0.147 e. The van der Waals surface area contributed by atoms with Gasteiger partial charge in [-0.1, -0.05) is 12.2 Å². The van der Waals surface area contributed by atoms with E-state index in [2.05, 4.69) is 0 Å². The van der Waals surface area contributed by atoms with E-state index >= 15 is 0 Å². The fourth-order valence-corrected chi connectivity index (χ4v) is 1.14. The van der Waals surface area contributed by atoms with Crippen LogP contribution in [0, 0.1) is 5.92 Å². The summed E-state index contributed by atoms with van der Waals surface area (Å²) in [6.45, 7) is 1.82. The lowest BCUT2D eigenvalue weighted by atomic mass is 10.1. The molecule has 0 aromatic rings. The summed E-state index contributed by atoms with van der Waals surface area (Å²) in [6.07, 6.45) is 4.31. The van der Waals surface area contributed by atoms with Gasteiger partial charge in [0.15, 0.2) is 0 Å². The number of rotatable bonds is 1. The highest BCUT2D eigenvalue weighted by atomic mass is 16.2. The Morgan fingerprint density at radius 3 is 2.20 bits per heavy atom. The van der Waals surface area contributed by atoms with Gasteiger partial charge in [-0.05, 0) is 6.92 Å². The van der Waals surface area contributed by atoms with Gasteiger partial charge in [0.05, 0.1) is 5.92 Å². The number of allylic oxidation sites excluding steroid dienone is 2. The molecule has 1 aliphatic rings. The Bertz CT molecular complexity index is 175. The lowest BCUT2D eigenvalue weighted by Crippen LogP contribution is -2.10. The van der Waals surface area contributed by atoms with Crippen LogP contribution >= 0.6 is 0 Å². The molecule has 54 valence electrons. The number of carbonyl (C=O) groups is 2. The van der Waals surface area contributed by atoms with Crippen LogP contribution in [0.5, 0.6) is 0 Å². The van der Waals surface area contributed by atoms with E-state index < -0.39 is 5.92 Å². The second-order valence-electron chi connectivity index (χ2n) is 2.44. The lowest BCUT2D eigenvalue weighted by Gasteiger charge is -1.95. The molecule has 0 amide bonds. The average molecular weight is 138 g/mol. The van der Waals surface area contributed by atoms with Crippen LogP contribution < -0.4 is 0 Å². The number of Topliss-reactive ketones (excluding diaryl/α,β-unsaturated/α-hetero) is 2. The largest absolute Gasteiger partial charge is 0.299 e. The Morgan fingerprint density at radius 1 is 1.30 bits per heavy atom. The van der Waals surface area contributed by atoms with Gasteiger partial charge < -0.3 is 0 Å². The summed E-state index contributed by atoms with van der Waals surface area (Å²) in [5.74, 6) is -0.267. The molecule has 0 bridgehead atoms. The Kier molecular flexibility index (Phi) is 2.00. The highest BCUT2D eigenvalue weighted by Gasteiger charge is 2.29. The molecule has 10 heavy (non-hydrogen) atoms. The van der Waals surface area contributed by atoms with Crippen LogP contribution in [0.15, 0.2) is 12.2 Å². The zero-order valence-corrected chi connectivity index (χ0v) is 5.96. The fourth-order valence-electron chi connectivity index (χ4n) is 1.14. The van der Waals surface area contributed by atoms with Gasteiger partial charge in [0.25, 0.3) is 0 Å². The van der Waals surface area contributed by atoms with E-state index in [-0.39, 0.29) is 11.6 Å². The van der Waals surface area contributed by atoms with E-state index in [0.717, 1.165) is 0 Å². The third-order valence-corrected chi connectivity index (χ3v) is 1.70. The van der Waals surface area contributed by atoms with Gasteiger partial charge in [-0.15, -0.1) is 0 Å². The normalized spacial score (nSPS) is 21.3. The summed E-state index contributed by atoms with van der Waals surface area (Å²) in [4.78, 5) is 21.8. The Balaban J connectivity index is 2.72. The first-order valence-electron chi connectivity index (χ1n) is 3.44. The van der Waals surface area contributed by atoms with E-state index in [9.17, 15) is 9.59 Å². The lowest BCUT2D eigenvalue weighted by molar-refractivity contribution is -0.125. The van der Waals surface area contributed by atoms with Crippen molar-refractivity contribution in [1.82, 2.24) is 0 Å². The van der Waals surface area contributed by atoms with E-state index in [1.807, 2.05) is 6.92 Å². The first-order valence-corrected chi connectivity index (χ1v) is 3.44. The molecule has 1 rings (SSSR count). The minimum absolute atomic E-state index is 0.0723. The second-order valence-corrected chi connectivity index (χ2v) is 2.44. The quantitative estimate of drug-likeness (QED) is 0.402. The number of carbonyl (C=O) groups excluding carboxylic acids is 2. The van der Waals surface area contributed by atoms with Crippen molar-refractivity contribution in [3.05, 3.63) is 12.2 Å². The van der Waals surface area contributed by atoms with Gasteiger partial charge in [0, 0.05) is 12.8 Å². The van der Waals surface area contributed by atoms with Crippen molar-refractivity contribution < 1.29 is 9.59 Å². The van der Waals surface area contributed by atoms with E-state index in [1.165, 1.54) is 0 Å². The van der Waals surface area contributed by atoms with Crippen LogP contribution in [-0.4, -0.2) is 11.6 Å². The van der Waals surface area contributed by atoms with Crippen molar-refractivity contribution in [3.63, 3.8) is 0 Å². The first-order chi connectivity index (χ1) is 4.75. The Labute approximate surface area is 59.9 Å². The molecule has 0 N–H and O–H groups in total. The monoisotopic (exact) mass is 138 g/mol. The van der Waals surface area contributed by atoms with Crippen molar-refractivity contribution in [2.24, 2.45) is 5.92 Å². The molecule has 0 atom stereocenters. The topological polar surface area (TPSA) is 34.1 Å². The molecule has 1 saturated carbocycles. The van der Waals surface area contributed by atoms with Crippen LogP contribution in [0.25, 0.3) is 0 Å². The van der Waals surface area contributed by atoms with Gasteiger partial charge in [0.1, 0.15) is 11.6 Å². The third kappa shape index (κ3) is 1.15. The predicted octanol–water partition coefficient (Wildman–Crippen LogP) is 1.11. The molecular weight excluding hydrogens is 128 g/mol. The minimum atomic E-state index is -0.412. The molecule has 0 spiro atoms. The standard InChI is InChI=1S/C8H10O2/c1-2-3-6-7(9)4-5-8(6)10/h2-3,6H,4-5H2,1H3. The molecule has 0 aliphatic heterocycles. The van der Waals surface area contributed by atoms with E-state index in [4.69, 9.17) is 0 Å². The smallest absolute Gasteiger partial charge is 0.147 e. The molecule has 2 heteroatoms. The van der Waals surface area contributed by atoms with Gasteiger partial charge in [0.2, 0.25) is 0 Å². The van der Waals surface area contributed by atoms with Crippen LogP contribution in [0.1, 0.15) is 19.8 Å². The maximum absolute atomic E-state index is 10.9. The summed E-state index contributed by atoms with van der Waals surface area (Å²) in [7, 11) is 0. The Hall–Kier alpha value is -0.920. The maximum atomic E-state index is 10.9. The van der Waals surface area contributed by atoms with Crippen LogP contribution in [0.4, 0.5) is 0 Å². The molecule has 0 unspecified atom stereocenters. The minimum Gasteiger partial charge on any atom is -0.299 e. The van der Waals surface area contributed by atoms with Crippen molar-refractivity contribution in [1.29, 1.82) is 0 Å². The SMILES string of the molecule is CC=CC1C(=O)CCC1=O. The predicted molar refractivity (Wildman–Crippen MR) is 37.6 cm³/mol. The zero-order chi connectivity index (χ0) is 7.56. The molecule has 0 aromatic heterocycles. The summed E-state index contributed by atoms with van der Waals surface area (Å²) in [6, 6.07) is 0. The van der Waals surface area contributed by atoms with E-state index in [1.54, 1.807) is 12.2 Å². The Morgan fingerprint density at radius 2 is 1.80 bits per heavy atom. The summed E-state index contributed by atoms with van der Waals surface area (Å²) >= 11 is 0. The van der Waals surface area contributed by atoms with Crippen molar-refractivity contribution in [3.8, 4) is 0 Å². The van der Waals surface area contributed by atoms with Gasteiger partial charge >= 0.3 is 0 Å². The van der Waals surface area contributed by atoms with Crippen molar-refractivity contribution in [2.45, 2.75) is 19.8 Å². The van der Waals surface area contributed by atoms with Gasteiger partial charge in [-0.25, -0.2) is 0 Å². The molecule has 0 saturated heterocycles. The highest BCUT2D eigenvalue weighted by molar-refractivity contribution is 6.10. The number of hydrogen-bond donors (Lipinski definition) is 0. The van der Waals surface area contributed by atoms with Crippen molar-refractivity contribution >= 4 is 11.6 Å². The van der Waals surface area contributed by atoms with Gasteiger partial charge in [-0.2, -0.15) is 0 Å². The highest BCUT2D eigenvalue weighted by Crippen LogP contribution is 2.18. The summed E-state index contributed by atoms with van der Waals surface area (Å²) in [5.41, 5.74) is 0. The molecule has 0 heterocycles. The van der Waals surface area contributed by atoms with Gasteiger partial charge in [-0.3, -0.25) is 9.59 Å². The van der Waals surface area contributed by atoms with Crippen LogP contribution in [-0.2, 0) is 9.59 Å². The molecule has 2 nitrogen and oxygen atoms in total. The average Bonchev–Trinajstić information content (AvgIpc) is 2.20. The molecular formula is C8H10O2. The zero-order valence-electron chi connectivity index (χ0n) is 5.96. The van der Waals surface area contributed by atoms with Crippen LogP contribution in [0.3, 0.4) is 0 Å².